The SMILES string of the molecule is C=C1c2ccc(N3CCN(CCN4CCC5(CC4)CC(CNC(=O)c4cc6c(=O)n(C)cc(-c7cc(OC)c(CN(C)C)c(OC)c7)c6s4)C5)CC3)cc2C(=O)N1C1CCC(=O)NC1=O. The van der Waals surface area contributed by atoms with E-state index in [1.54, 1.807) is 31.9 Å². The summed E-state index contributed by atoms with van der Waals surface area (Å²) in [5.41, 5.74) is 5.66. The number of thiophene rings is 1. The molecule has 0 bridgehead atoms. The fraction of sp³-hybridized carbons (Fsp3) is 0.490. The zero-order valence-corrected chi connectivity index (χ0v) is 39.0. The number of nitrogens with zero attached hydrogens (tertiary/aromatic N) is 6. The van der Waals surface area contributed by atoms with Gasteiger partial charge in [-0.1, -0.05) is 12.6 Å². The minimum absolute atomic E-state index is 0.140. The van der Waals surface area contributed by atoms with E-state index in [0.29, 0.717) is 63.9 Å². The molecule has 0 radical (unpaired) electrons. The van der Waals surface area contributed by atoms with Gasteiger partial charge in [-0.15, -0.1) is 11.3 Å². The van der Waals surface area contributed by atoms with Gasteiger partial charge in [0.1, 0.15) is 17.5 Å². The molecule has 6 heterocycles. The van der Waals surface area contributed by atoms with Crippen molar-refractivity contribution in [2.75, 3.05) is 92.1 Å². The lowest BCUT2D eigenvalue weighted by Crippen LogP contribution is -2.52. The molecule has 1 atom stereocenters. The maximum absolute atomic E-state index is 13.6. The number of nitrogens with one attached hydrogen (secondary N) is 2. The van der Waals surface area contributed by atoms with E-state index in [9.17, 15) is 24.0 Å². The van der Waals surface area contributed by atoms with E-state index in [4.69, 9.17) is 9.47 Å². The normalized spacial score (nSPS) is 20.4. The Bertz CT molecular complexity index is 2590. The Labute approximate surface area is 383 Å². The number of amides is 4. The largest absolute Gasteiger partial charge is 0.496 e. The fourth-order valence-corrected chi connectivity index (χ4v) is 11.9. The van der Waals surface area contributed by atoms with E-state index in [2.05, 4.69) is 36.8 Å². The molecule has 4 aromatic rings. The number of imide groups is 1. The molecule has 15 nitrogen and oxygen atoms in total. The number of benzene rings is 2. The second-order valence-electron chi connectivity index (χ2n) is 18.9. The number of carbonyl (C=O) groups excluding carboxylic acids is 4. The first-order valence-electron chi connectivity index (χ1n) is 22.8. The average Bonchev–Trinajstić information content (AvgIpc) is 3.84. The van der Waals surface area contributed by atoms with Gasteiger partial charge in [0.05, 0.1) is 35.6 Å². The summed E-state index contributed by atoms with van der Waals surface area (Å²) in [7, 11) is 9.02. The van der Waals surface area contributed by atoms with Crippen LogP contribution in [-0.2, 0) is 23.2 Å². The number of likely N-dealkylation sites (tertiary alicyclic amines) is 1. The summed E-state index contributed by atoms with van der Waals surface area (Å²) < 4.78 is 13.9. The van der Waals surface area contributed by atoms with Crippen LogP contribution in [0.15, 0.2) is 54.0 Å². The molecule has 1 aliphatic carbocycles. The number of hydrogen-bond donors (Lipinski definition) is 2. The Morgan fingerprint density at radius 3 is 2.23 bits per heavy atom. The molecule has 5 aliphatic rings. The second-order valence-corrected chi connectivity index (χ2v) is 19.9. The molecule has 2 N–H and O–H groups in total. The van der Waals surface area contributed by atoms with Crippen LogP contribution in [0.2, 0.25) is 0 Å². The molecule has 4 amide bonds. The molecule has 1 spiro atoms. The average molecular weight is 905 g/mol. The van der Waals surface area contributed by atoms with Gasteiger partial charge in [-0.05, 0) is 107 Å². The first-order chi connectivity index (χ1) is 31.2. The van der Waals surface area contributed by atoms with Crippen molar-refractivity contribution in [1.29, 1.82) is 0 Å². The molecule has 4 fully saturated rings. The molecule has 1 saturated carbocycles. The van der Waals surface area contributed by atoms with Crippen LogP contribution in [0.25, 0.3) is 26.9 Å². The van der Waals surface area contributed by atoms with Crippen LogP contribution in [-0.4, -0.2) is 141 Å². The minimum atomic E-state index is -0.723. The van der Waals surface area contributed by atoms with E-state index in [0.717, 1.165) is 97.8 Å². The van der Waals surface area contributed by atoms with E-state index >= 15 is 0 Å². The summed E-state index contributed by atoms with van der Waals surface area (Å²) in [4.78, 5) is 76.2. The number of fused-ring (bicyclic) bond motifs is 2. The lowest BCUT2D eigenvalue weighted by molar-refractivity contribution is -0.136. The van der Waals surface area contributed by atoms with E-state index in [-0.39, 0.29) is 29.7 Å². The number of aryl methyl sites for hydroxylation is 1. The van der Waals surface area contributed by atoms with Crippen LogP contribution in [0.3, 0.4) is 0 Å². The van der Waals surface area contributed by atoms with Crippen molar-refractivity contribution in [3.05, 3.63) is 81.1 Å². The van der Waals surface area contributed by atoms with Gasteiger partial charge in [-0.2, -0.15) is 0 Å². The van der Waals surface area contributed by atoms with Crippen LogP contribution < -0.4 is 30.6 Å². The fourth-order valence-electron chi connectivity index (χ4n) is 10.8. The van der Waals surface area contributed by atoms with Crippen molar-refractivity contribution in [3.63, 3.8) is 0 Å². The van der Waals surface area contributed by atoms with Gasteiger partial charge in [0.25, 0.3) is 17.4 Å². The van der Waals surface area contributed by atoms with Gasteiger partial charge in [0, 0.05) is 99.2 Å². The predicted octanol–water partition coefficient (Wildman–Crippen LogP) is 4.62. The number of pyridine rings is 1. The zero-order valence-electron chi connectivity index (χ0n) is 38.2. The number of carbonyl (C=O) groups is 4. The van der Waals surface area contributed by atoms with Crippen molar-refractivity contribution < 1.29 is 28.7 Å². The molecule has 65 heavy (non-hydrogen) atoms. The smallest absolute Gasteiger partial charge is 0.261 e. The Hall–Kier alpha value is -5.55. The standard InChI is InChI=1S/C49H60N8O7S/c1-30-34-8-7-33(23-35(34)48(62)57(30)39-9-10-43(58)51-45(39)59)56-19-17-55(18-20-56)16-15-54-13-11-49(12-14-54)25-31(26-49)27-50-46(60)42-24-36-44(65-42)37(29-53(4)47(36)61)32-21-40(63-5)38(28-52(2)3)41(22-32)64-6/h7-8,21-24,29,31,39H,1,9-20,25-28H2,2-6H3,(H,50,60)(H,51,58,59). The Balaban J connectivity index is 0.728. The Morgan fingerprint density at radius 1 is 0.908 bits per heavy atom. The van der Waals surface area contributed by atoms with Gasteiger partial charge >= 0.3 is 0 Å². The number of rotatable bonds is 13. The van der Waals surface area contributed by atoms with Crippen LogP contribution >= 0.6 is 11.3 Å². The van der Waals surface area contributed by atoms with Crippen molar-refractivity contribution in [3.8, 4) is 22.6 Å². The summed E-state index contributed by atoms with van der Waals surface area (Å²) in [6.45, 7) is 13.3. The molecule has 2 aromatic carbocycles. The number of piperazine rings is 1. The van der Waals surface area contributed by atoms with Crippen LogP contribution in [0.1, 0.15) is 69.7 Å². The van der Waals surface area contributed by atoms with Crippen molar-refractivity contribution in [2.24, 2.45) is 18.4 Å². The number of ether oxygens (including phenoxy) is 2. The monoisotopic (exact) mass is 904 g/mol. The van der Waals surface area contributed by atoms with Crippen molar-refractivity contribution in [1.82, 2.24) is 34.8 Å². The summed E-state index contributed by atoms with van der Waals surface area (Å²) in [6.07, 6.45) is 6.95. The highest BCUT2D eigenvalue weighted by atomic mass is 32.1. The minimum Gasteiger partial charge on any atom is -0.496 e. The number of methoxy groups -OCH3 is 2. The molecule has 3 saturated heterocycles. The number of aromatic nitrogens is 1. The van der Waals surface area contributed by atoms with E-state index in [1.807, 2.05) is 50.6 Å². The van der Waals surface area contributed by atoms with Crippen molar-refractivity contribution in [2.45, 2.75) is 51.1 Å². The van der Waals surface area contributed by atoms with Gasteiger partial charge in [-0.3, -0.25) is 39.1 Å². The third kappa shape index (κ3) is 8.68. The Kier molecular flexibility index (Phi) is 12.4. The number of anilines is 1. The highest BCUT2D eigenvalue weighted by Crippen LogP contribution is 2.52. The predicted molar refractivity (Wildman–Crippen MR) is 253 cm³/mol. The number of hydrogen-bond acceptors (Lipinski definition) is 12. The quantitative estimate of drug-likeness (QED) is 0.181. The van der Waals surface area contributed by atoms with Crippen LogP contribution in [0.4, 0.5) is 5.69 Å². The maximum Gasteiger partial charge on any atom is 0.261 e. The summed E-state index contributed by atoms with van der Waals surface area (Å²) >= 11 is 1.35. The molecular weight excluding hydrogens is 845 g/mol. The summed E-state index contributed by atoms with van der Waals surface area (Å²) in [5.74, 6) is 0.721. The van der Waals surface area contributed by atoms with Crippen LogP contribution in [0, 0.1) is 11.3 Å². The number of piperidine rings is 2. The van der Waals surface area contributed by atoms with Gasteiger partial charge in [0.15, 0.2) is 0 Å². The summed E-state index contributed by atoms with van der Waals surface area (Å²) in [5, 5.41) is 6.09. The lowest BCUT2D eigenvalue weighted by Gasteiger charge is -2.52. The molecule has 344 valence electrons. The molecular formula is C49H60N8O7S. The molecule has 9 rings (SSSR count). The van der Waals surface area contributed by atoms with Gasteiger partial charge in [-0.25, -0.2) is 0 Å². The maximum atomic E-state index is 13.6. The van der Waals surface area contributed by atoms with Gasteiger partial charge in [0.2, 0.25) is 11.8 Å². The van der Waals surface area contributed by atoms with Crippen molar-refractivity contribution >= 4 is 56.4 Å². The first-order valence-corrected chi connectivity index (χ1v) is 23.6. The highest BCUT2D eigenvalue weighted by Gasteiger charge is 2.46. The molecule has 16 heteroatoms. The first kappa shape index (κ1) is 44.6. The zero-order chi connectivity index (χ0) is 45.7. The second kappa shape index (κ2) is 18.0. The third-order valence-electron chi connectivity index (χ3n) is 14.4. The van der Waals surface area contributed by atoms with Gasteiger partial charge < -0.3 is 34.1 Å². The van der Waals surface area contributed by atoms with Crippen LogP contribution in [0.5, 0.6) is 11.5 Å². The lowest BCUT2D eigenvalue weighted by atomic mass is 9.57. The topological polar surface area (TPSA) is 149 Å². The highest BCUT2D eigenvalue weighted by molar-refractivity contribution is 7.21. The Morgan fingerprint density at radius 2 is 1.58 bits per heavy atom. The molecule has 4 aliphatic heterocycles. The molecule has 2 aromatic heterocycles. The summed E-state index contributed by atoms with van der Waals surface area (Å²) in [6, 6.07) is 10.9. The van der Waals surface area contributed by atoms with E-state index < -0.39 is 11.9 Å². The van der Waals surface area contributed by atoms with E-state index in [1.165, 1.54) is 29.1 Å². The third-order valence-corrected chi connectivity index (χ3v) is 15.6. The molecule has 1 unspecified atom stereocenters.